The molecule has 0 unspecified atom stereocenters. The van der Waals surface area contributed by atoms with Crippen molar-refractivity contribution in [3.63, 3.8) is 0 Å². The van der Waals surface area contributed by atoms with E-state index in [2.05, 4.69) is 0 Å². The van der Waals surface area contributed by atoms with Crippen molar-refractivity contribution >= 4 is 5.97 Å². The number of nitriles is 1. The van der Waals surface area contributed by atoms with Crippen molar-refractivity contribution in [3.05, 3.63) is 47.5 Å². The van der Waals surface area contributed by atoms with Crippen LogP contribution >= 0.6 is 0 Å². The molecule has 0 fully saturated rings. The van der Waals surface area contributed by atoms with Crippen molar-refractivity contribution < 1.29 is 23.7 Å². The third-order valence-electron chi connectivity index (χ3n) is 3.07. The third-order valence-corrected chi connectivity index (χ3v) is 3.07. The minimum absolute atomic E-state index is 0.238. The van der Waals surface area contributed by atoms with E-state index < -0.39 is 5.97 Å². The second-order valence-corrected chi connectivity index (χ2v) is 4.44. The Kier molecular flexibility index (Phi) is 5.05. The molecule has 0 bridgehead atoms. The van der Waals surface area contributed by atoms with Gasteiger partial charge in [-0.2, -0.15) is 5.26 Å². The number of benzene rings is 2. The van der Waals surface area contributed by atoms with Crippen molar-refractivity contribution in [1.29, 1.82) is 5.26 Å². The molecular weight excluding hydrogens is 298 g/mol. The van der Waals surface area contributed by atoms with E-state index in [1.807, 2.05) is 6.07 Å². The number of carbonyl (C=O) groups is 1. The van der Waals surface area contributed by atoms with Crippen LogP contribution in [0.3, 0.4) is 0 Å². The van der Waals surface area contributed by atoms with Crippen LogP contribution < -0.4 is 18.9 Å². The van der Waals surface area contributed by atoms with Crippen LogP contribution in [-0.2, 0) is 0 Å². The van der Waals surface area contributed by atoms with Gasteiger partial charge in [-0.05, 0) is 30.3 Å². The average Bonchev–Trinajstić information content (AvgIpc) is 2.60. The zero-order chi connectivity index (χ0) is 16.8. The van der Waals surface area contributed by atoms with Gasteiger partial charge in [-0.15, -0.1) is 0 Å². The number of hydrogen-bond acceptors (Lipinski definition) is 6. The number of hydrogen-bond donors (Lipinski definition) is 0. The molecule has 2 aromatic carbocycles. The van der Waals surface area contributed by atoms with Gasteiger partial charge in [-0.1, -0.05) is 6.07 Å². The summed E-state index contributed by atoms with van der Waals surface area (Å²) in [4.78, 5) is 12.3. The molecule has 2 rings (SSSR count). The molecule has 23 heavy (non-hydrogen) atoms. The largest absolute Gasteiger partial charge is 0.493 e. The van der Waals surface area contributed by atoms with Crippen LogP contribution in [0.15, 0.2) is 36.4 Å². The highest BCUT2D eigenvalue weighted by Crippen LogP contribution is 2.38. The fraction of sp³-hybridized carbons (Fsp3) is 0.176. The molecule has 0 amide bonds. The topological polar surface area (TPSA) is 77.8 Å². The van der Waals surface area contributed by atoms with E-state index in [9.17, 15) is 4.79 Å². The molecule has 6 heteroatoms. The first-order chi connectivity index (χ1) is 11.1. The number of carbonyl (C=O) groups excluding carboxylic acids is 1. The van der Waals surface area contributed by atoms with Gasteiger partial charge >= 0.3 is 5.97 Å². The predicted octanol–water partition coefficient (Wildman–Crippen LogP) is 2.80. The minimum atomic E-state index is -0.598. The maximum absolute atomic E-state index is 12.3. The molecule has 0 aromatic heterocycles. The van der Waals surface area contributed by atoms with Crippen molar-refractivity contribution in [1.82, 2.24) is 0 Å². The smallest absolute Gasteiger partial charge is 0.343 e. The molecule has 0 saturated heterocycles. The Hall–Kier alpha value is -3.20. The van der Waals surface area contributed by atoms with Gasteiger partial charge in [0.2, 0.25) is 5.75 Å². The number of methoxy groups -OCH3 is 3. The highest BCUT2D eigenvalue weighted by Gasteiger charge is 2.18. The molecule has 0 aliphatic carbocycles. The zero-order valence-electron chi connectivity index (χ0n) is 13.0. The fourth-order valence-electron chi connectivity index (χ4n) is 1.99. The molecule has 0 N–H and O–H groups in total. The van der Waals surface area contributed by atoms with Crippen molar-refractivity contribution in [2.75, 3.05) is 21.3 Å². The molecule has 6 nitrogen and oxygen atoms in total. The van der Waals surface area contributed by atoms with Crippen LogP contribution in [0.25, 0.3) is 0 Å². The molecule has 0 radical (unpaired) electrons. The van der Waals surface area contributed by atoms with Gasteiger partial charge in [0.1, 0.15) is 5.75 Å². The van der Waals surface area contributed by atoms with Crippen LogP contribution in [0.2, 0.25) is 0 Å². The van der Waals surface area contributed by atoms with Crippen LogP contribution in [0, 0.1) is 11.3 Å². The Morgan fingerprint density at radius 3 is 2.17 bits per heavy atom. The van der Waals surface area contributed by atoms with Gasteiger partial charge in [0.05, 0.1) is 38.5 Å². The molecule has 0 spiro atoms. The van der Waals surface area contributed by atoms with E-state index in [-0.39, 0.29) is 11.3 Å². The number of rotatable bonds is 5. The van der Waals surface area contributed by atoms with E-state index in [4.69, 9.17) is 24.2 Å². The highest BCUT2D eigenvalue weighted by molar-refractivity contribution is 5.92. The highest BCUT2D eigenvalue weighted by atomic mass is 16.5. The first kappa shape index (κ1) is 16.2. The lowest BCUT2D eigenvalue weighted by atomic mass is 10.2. The summed E-state index contributed by atoms with van der Waals surface area (Å²) in [5, 5.41) is 8.87. The number of nitrogens with zero attached hydrogens (tertiary/aromatic N) is 1. The quantitative estimate of drug-likeness (QED) is 0.624. The van der Waals surface area contributed by atoms with E-state index >= 15 is 0 Å². The van der Waals surface area contributed by atoms with Crippen LogP contribution in [0.1, 0.15) is 15.9 Å². The van der Waals surface area contributed by atoms with Gasteiger partial charge < -0.3 is 18.9 Å². The Balaban J connectivity index is 2.33. The number of ether oxygens (including phenoxy) is 4. The van der Waals surface area contributed by atoms with Crippen LogP contribution in [0.4, 0.5) is 0 Å². The molecule has 0 aliphatic heterocycles. The van der Waals surface area contributed by atoms with E-state index in [1.54, 1.807) is 18.2 Å². The normalized spacial score (nSPS) is 9.65. The molecule has 118 valence electrons. The van der Waals surface area contributed by atoms with Crippen LogP contribution in [0.5, 0.6) is 23.0 Å². The van der Waals surface area contributed by atoms with Crippen LogP contribution in [-0.4, -0.2) is 27.3 Å². The molecular formula is C17H15NO5. The summed E-state index contributed by atoms with van der Waals surface area (Å²) in [7, 11) is 4.40. The molecule has 0 aliphatic rings. The first-order valence-electron chi connectivity index (χ1n) is 6.65. The predicted molar refractivity (Wildman–Crippen MR) is 82.2 cm³/mol. The lowest BCUT2D eigenvalue weighted by Gasteiger charge is -2.13. The minimum Gasteiger partial charge on any atom is -0.493 e. The third kappa shape index (κ3) is 3.52. The van der Waals surface area contributed by atoms with E-state index in [0.717, 1.165) is 0 Å². The Morgan fingerprint density at radius 1 is 1.00 bits per heavy atom. The molecule has 0 atom stereocenters. The summed E-state index contributed by atoms with van der Waals surface area (Å²) in [5.74, 6) is 0.773. The van der Waals surface area contributed by atoms with Gasteiger partial charge in [0.15, 0.2) is 11.5 Å². The van der Waals surface area contributed by atoms with E-state index in [1.165, 1.54) is 39.5 Å². The maximum atomic E-state index is 12.3. The Labute approximate surface area is 133 Å². The second-order valence-electron chi connectivity index (χ2n) is 4.44. The average molecular weight is 313 g/mol. The fourth-order valence-corrected chi connectivity index (χ4v) is 1.99. The first-order valence-corrected chi connectivity index (χ1v) is 6.65. The lowest BCUT2D eigenvalue weighted by molar-refractivity contribution is 0.0734. The van der Waals surface area contributed by atoms with Gasteiger partial charge in [-0.3, -0.25) is 0 Å². The summed E-state index contributed by atoms with van der Waals surface area (Å²) in [6.45, 7) is 0. The standard InChI is InChI=1S/C17H15NO5/c1-20-14-8-12(9-15(21-2)16(14)22-3)17(19)23-13-6-4-5-11(7-13)10-18/h4-9H,1-3H3. The number of esters is 1. The van der Waals surface area contributed by atoms with Crippen molar-refractivity contribution in [2.24, 2.45) is 0 Å². The summed E-state index contributed by atoms with van der Waals surface area (Å²) < 4.78 is 20.9. The molecule has 0 heterocycles. The summed E-state index contributed by atoms with van der Waals surface area (Å²) in [5.41, 5.74) is 0.641. The maximum Gasteiger partial charge on any atom is 0.343 e. The monoisotopic (exact) mass is 313 g/mol. The zero-order valence-corrected chi connectivity index (χ0v) is 13.0. The SMILES string of the molecule is COc1cc(C(=O)Oc2cccc(C#N)c2)cc(OC)c1OC. The van der Waals surface area contributed by atoms with Gasteiger partial charge in [0.25, 0.3) is 0 Å². The summed E-state index contributed by atoms with van der Waals surface area (Å²) in [6, 6.07) is 11.3. The summed E-state index contributed by atoms with van der Waals surface area (Å²) in [6.07, 6.45) is 0. The van der Waals surface area contributed by atoms with Crippen molar-refractivity contribution in [3.8, 4) is 29.1 Å². The van der Waals surface area contributed by atoms with Gasteiger partial charge in [0, 0.05) is 0 Å². The second kappa shape index (κ2) is 7.18. The van der Waals surface area contributed by atoms with E-state index in [0.29, 0.717) is 22.8 Å². The lowest BCUT2D eigenvalue weighted by Crippen LogP contribution is -2.09. The molecule has 0 saturated carbocycles. The Bertz CT molecular complexity index is 739. The van der Waals surface area contributed by atoms with Crippen molar-refractivity contribution in [2.45, 2.75) is 0 Å². The molecule has 2 aromatic rings. The summed E-state index contributed by atoms with van der Waals surface area (Å²) >= 11 is 0. The Morgan fingerprint density at radius 2 is 1.65 bits per heavy atom. The van der Waals surface area contributed by atoms with Gasteiger partial charge in [-0.25, -0.2) is 4.79 Å².